The lowest BCUT2D eigenvalue weighted by Crippen LogP contribution is -2.43. The first-order valence-electron chi connectivity index (χ1n) is 7.90. The average molecular weight is 393 g/mol. The van der Waals surface area contributed by atoms with Gasteiger partial charge in [-0.15, -0.1) is 0 Å². The van der Waals surface area contributed by atoms with Crippen LogP contribution >= 0.6 is 0 Å². The zero-order chi connectivity index (χ0) is 18.5. The van der Waals surface area contributed by atoms with Crippen LogP contribution in [0.25, 0.3) is 0 Å². The number of nitrogens with one attached hydrogen (secondary N) is 2. The summed E-state index contributed by atoms with van der Waals surface area (Å²) in [5.41, 5.74) is 0. The van der Waals surface area contributed by atoms with E-state index in [2.05, 4.69) is 10.0 Å². The Morgan fingerprint density at radius 2 is 1.96 bits per heavy atom. The van der Waals surface area contributed by atoms with Gasteiger partial charge in [-0.1, -0.05) is 0 Å². The maximum atomic E-state index is 12.1. The highest BCUT2D eigenvalue weighted by Gasteiger charge is 2.28. The third-order valence-corrected chi connectivity index (χ3v) is 6.64. The first-order chi connectivity index (χ1) is 11.7. The van der Waals surface area contributed by atoms with E-state index in [0.717, 1.165) is 6.26 Å². The van der Waals surface area contributed by atoms with Crippen LogP contribution < -0.4 is 10.0 Å². The molecule has 0 spiro atoms. The van der Waals surface area contributed by atoms with Crippen molar-refractivity contribution in [3.8, 4) is 0 Å². The summed E-state index contributed by atoms with van der Waals surface area (Å²) < 4.78 is 55.4. The molecular weight excluding hydrogens is 370 g/mol. The van der Waals surface area contributed by atoms with Crippen LogP contribution in [0.1, 0.15) is 18.6 Å². The molecule has 0 aliphatic carbocycles. The van der Waals surface area contributed by atoms with Crippen LogP contribution in [0.15, 0.2) is 22.8 Å². The summed E-state index contributed by atoms with van der Waals surface area (Å²) >= 11 is 0. The fourth-order valence-corrected chi connectivity index (χ4v) is 4.32. The molecule has 11 heteroatoms. The quantitative estimate of drug-likeness (QED) is 0.612. The molecule has 1 aromatic rings. The van der Waals surface area contributed by atoms with E-state index in [1.165, 1.54) is 10.6 Å². The average Bonchev–Trinajstić information content (AvgIpc) is 3.06. The summed E-state index contributed by atoms with van der Waals surface area (Å²) in [5, 5.41) is 2.61. The van der Waals surface area contributed by atoms with E-state index in [-0.39, 0.29) is 30.7 Å². The molecule has 1 fully saturated rings. The Hall–Kier alpha value is -1.43. The molecule has 2 N–H and O–H groups in total. The number of amides is 1. The van der Waals surface area contributed by atoms with Gasteiger partial charge >= 0.3 is 0 Å². The van der Waals surface area contributed by atoms with Crippen LogP contribution in [0.5, 0.6) is 0 Å². The van der Waals surface area contributed by atoms with Crippen molar-refractivity contribution in [2.45, 2.75) is 19.4 Å². The number of nitrogens with zero attached hydrogens (tertiary/aromatic N) is 1. The third kappa shape index (κ3) is 6.42. The Labute approximate surface area is 147 Å². The smallest absolute Gasteiger partial charge is 0.223 e. The number of hydrogen-bond donors (Lipinski definition) is 2. The minimum absolute atomic E-state index is 0.00138. The topological polar surface area (TPSA) is 126 Å². The fourth-order valence-electron chi connectivity index (χ4n) is 2.57. The summed E-state index contributed by atoms with van der Waals surface area (Å²) in [5.74, 6) is -0.266. The van der Waals surface area contributed by atoms with Crippen molar-refractivity contribution in [2.75, 3.05) is 31.6 Å². The second-order valence-electron chi connectivity index (χ2n) is 5.95. The van der Waals surface area contributed by atoms with Gasteiger partial charge in [-0.2, -0.15) is 0 Å². The lowest BCUT2D eigenvalue weighted by Gasteiger charge is -2.29. The third-order valence-electron chi connectivity index (χ3n) is 4.01. The van der Waals surface area contributed by atoms with Crippen LogP contribution in [-0.2, 0) is 31.4 Å². The molecule has 0 saturated carbocycles. The molecular formula is C14H23N3O6S2. The predicted molar refractivity (Wildman–Crippen MR) is 91.5 cm³/mol. The van der Waals surface area contributed by atoms with Gasteiger partial charge < -0.3 is 9.73 Å². The molecule has 0 unspecified atom stereocenters. The molecule has 1 aliphatic heterocycles. The SMILES string of the molecule is CS(=O)(=O)N1CCC(C(=O)NCCS(=O)(=O)NCc2ccco2)CC1. The van der Waals surface area contributed by atoms with Crippen molar-refractivity contribution in [1.82, 2.24) is 14.3 Å². The summed E-state index contributed by atoms with van der Waals surface area (Å²) in [7, 11) is -6.75. The molecule has 1 amide bonds. The molecule has 1 aliphatic rings. The molecule has 142 valence electrons. The van der Waals surface area contributed by atoms with E-state index in [1.54, 1.807) is 12.1 Å². The molecule has 0 radical (unpaired) electrons. The van der Waals surface area contributed by atoms with Gasteiger partial charge in [0.25, 0.3) is 0 Å². The van der Waals surface area contributed by atoms with E-state index in [9.17, 15) is 21.6 Å². The van der Waals surface area contributed by atoms with Crippen LogP contribution in [0.3, 0.4) is 0 Å². The number of hydrogen-bond acceptors (Lipinski definition) is 6. The first kappa shape index (κ1) is 19.9. The van der Waals surface area contributed by atoms with Gasteiger partial charge in [0.15, 0.2) is 0 Å². The zero-order valence-corrected chi connectivity index (χ0v) is 15.6. The van der Waals surface area contributed by atoms with Gasteiger partial charge in [0.05, 0.1) is 24.8 Å². The van der Waals surface area contributed by atoms with Gasteiger partial charge in [0.2, 0.25) is 26.0 Å². The normalized spacial score (nSPS) is 17.5. The number of carbonyl (C=O) groups is 1. The second-order valence-corrected chi connectivity index (χ2v) is 9.86. The Bertz CT molecular complexity index is 765. The van der Waals surface area contributed by atoms with Crippen LogP contribution in [-0.4, -0.2) is 58.7 Å². The molecule has 25 heavy (non-hydrogen) atoms. The summed E-state index contributed by atoms with van der Waals surface area (Å²) in [6, 6.07) is 3.33. The summed E-state index contributed by atoms with van der Waals surface area (Å²) in [6.45, 7) is 0.672. The number of sulfonamides is 2. The van der Waals surface area contributed by atoms with Crippen LogP contribution in [0.4, 0.5) is 0 Å². The van der Waals surface area contributed by atoms with Crippen molar-refractivity contribution < 1.29 is 26.0 Å². The van der Waals surface area contributed by atoms with E-state index in [4.69, 9.17) is 4.42 Å². The second kappa shape index (κ2) is 8.30. The zero-order valence-electron chi connectivity index (χ0n) is 14.0. The molecule has 0 bridgehead atoms. The molecule has 1 saturated heterocycles. The van der Waals surface area contributed by atoms with E-state index in [1.807, 2.05) is 0 Å². The van der Waals surface area contributed by atoms with E-state index >= 15 is 0 Å². The molecule has 0 aromatic carbocycles. The van der Waals surface area contributed by atoms with Gasteiger partial charge in [-0.25, -0.2) is 25.9 Å². The summed E-state index contributed by atoms with van der Waals surface area (Å²) in [4.78, 5) is 12.1. The van der Waals surface area contributed by atoms with Crippen molar-refractivity contribution in [1.29, 1.82) is 0 Å². The molecule has 2 rings (SSSR count). The van der Waals surface area contributed by atoms with Crippen molar-refractivity contribution in [3.05, 3.63) is 24.2 Å². The largest absolute Gasteiger partial charge is 0.468 e. The molecule has 0 atom stereocenters. The van der Waals surface area contributed by atoms with Crippen LogP contribution in [0.2, 0.25) is 0 Å². The lowest BCUT2D eigenvalue weighted by atomic mass is 9.97. The fraction of sp³-hybridized carbons (Fsp3) is 0.643. The molecule has 1 aromatic heterocycles. The highest BCUT2D eigenvalue weighted by Crippen LogP contribution is 2.19. The monoisotopic (exact) mass is 393 g/mol. The minimum atomic E-state index is -3.52. The lowest BCUT2D eigenvalue weighted by molar-refractivity contribution is -0.125. The van der Waals surface area contributed by atoms with Gasteiger partial charge in [-0.05, 0) is 25.0 Å². The van der Waals surface area contributed by atoms with Crippen LogP contribution in [0, 0.1) is 5.92 Å². The molecule has 9 nitrogen and oxygen atoms in total. The Balaban J connectivity index is 1.70. The number of furan rings is 1. The maximum absolute atomic E-state index is 12.1. The minimum Gasteiger partial charge on any atom is -0.468 e. The Kier molecular flexibility index (Phi) is 6.60. The summed E-state index contributed by atoms with van der Waals surface area (Å²) in [6.07, 6.45) is 3.47. The van der Waals surface area contributed by atoms with Crippen molar-refractivity contribution >= 4 is 26.0 Å². The maximum Gasteiger partial charge on any atom is 0.223 e. The van der Waals surface area contributed by atoms with Crippen molar-refractivity contribution in [2.24, 2.45) is 5.92 Å². The highest BCUT2D eigenvalue weighted by atomic mass is 32.2. The number of rotatable bonds is 8. The number of carbonyl (C=O) groups excluding carboxylic acids is 1. The van der Waals surface area contributed by atoms with Gasteiger partial charge in [0.1, 0.15) is 5.76 Å². The molecule has 2 heterocycles. The standard InChI is InChI=1S/C14H23N3O6S2/c1-24(19,20)17-7-4-12(5-8-17)14(18)15-6-10-25(21,22)16-11-13-3-2-9-23-13/h2-3,9,12,16H,4-8,10-11H2,1H3,(H,15,18). The Morgan fingerprint density at radius 1 is 1.28 bits per heavy atom. The highest BCUT2D eigenvalue weighted by molar-refractivity contribution is 7.89. The van der Waals surface area contributed by atoms with Gasteiger partial charge in [-0.3, -0.25) is 4.79 Å². The Morgan fingerprint density at radius 3 is 2.52 bits per heavy atom. The number of piperidine rings is 1. The van der Waals surface area contributed by atoms with E-state index < -0.39 is 20.0 Å². The van der Waals surface area contributed by atoms with Crippen molar-refractivity contribution in [3.63, 3.8) is 0 Å². The van der Waals surface area contributed by atoms with E-state index in [0.29, 0.717) is 31.7 Å². The first-order valence-corrected chi connectivity index (χ1v) is 11.4. The predicted octanol–water partition coefficient (Wildman–Crippen LogP) is -0.513. The van der Waals surface area contributed by atoms with Gasteiger partial charge in [0, 0.05) is 25.6 Å².